The van der Waals surface area contributed by atoms with E-state index in [2.05, 4.69) is 13.8 Å². The highest BCUT2D eigenvalue weighted by atomic mass is 35.5. The molecule has 0 saturated carbocycles. The lowest BCUT2D eigenvalue weighted by Gasteiger charge is -2.15. The van der Waals surface area contributed by atoms with Crippen LogP contribution in [0, 0.1) is 0 Å². The first-order chi connectivity index (χ1) is 10.6. The van der Waals surface area contributed by atoms with Gasteiger partial charge in [0.25, 0.3) is 0 Å². The van der Waals surface area contributed by atoms with Gasteiger partial charge in [0.1, 0.15) is 18.1 Å². The van der Waals surface area contributed by atoms with E-state index in [-0.39, 0.29) is 6.10 Å². The highest BCUT2D eigenvalue weighted by molar-refractivity contribution is 6.32. The Morgan fingerprint density at radius 3 is 2.41 bits per heavy atom. The SMILES string of the molecule is CCCC(C)Oc1ccc(OCc2ccc(Cl)cc2)c(Cl)c1. The van der Waals surface area contributed by atoms with Crippen LogP contribution in [0.4, 0.5) is 0 Å². The van der Waals surface area contributed by atoms with E-state index < -0.39 is 0 Å². The third-order valence-electron chi connectivity index (χ3n) is 3.24. The van der Waals surface area contributed by atoms with Crippen molar-refractivity contribution in [1.82, 2.24) is 0 Å². The van der Waals surface area contributed by atoms with Gasteiger partial charge in [-0.15, -0.1) is 0 Å². The lowest BCUT2D eigenvalue weighted by Crippen LogP contribution is -2.10. The molecule has 118 valence electrons. The Morgan fingerprint density at radius 1 is 1.05 bits per heavy atom. The second-order valence-corrected chi connectivity index (χ2v) is 6.07. The topological polar surface area (TPSA) is 18.5 Å². The van der Waals surface area contributed by atoms with Crippen molar-refractivity contribution in [3.05, 3.63) is 58.1 Å². The number of hydrogen-bond acceptors (Lipinski definition) is 2. The Hall–Kier alpha value is -1.38. The number of ether oxygens (including phenoxy) is 2. The van der Waals surface area contributed by atoms with Crippen molar-refractivity contribution in [3.8, 4) is 11.5 Å². The fraction of sp³-hybridized carbons (Fsp3) is 0.333. The first-order valence-electron chi connectivity index (χ1n) is 7.42. The summed E-state index contributed by atoms with van der Waals surface area (Å²) in [5.74, 6) is 1.41. The number of benzene rings is 2. The standard InChI is InChI=1S/C18H20Cl2O2/c1-3-4-13(2)22-16-9-10-18(17(20)11-16)21-12-14-5-7-15(19)8-6-14/h5-11,13H,3-4,12H2,1-2H3. The van der Waals surface area contributed by atoms with Crippen molar-refractivity contribution < 1.29 is 9.47 Å². The van der Waals surface area contributed by atoms with Gasteiger partial charge in [0.15, 0.2) is 0 Å². The fourth-order valence-electron chi connectivity index (χ4n) is 2.11. The maximum atomic E-state index is 6.26. The van der Waals surface area contributed by atoms with Crippen molar-refractivity contribution in [2.45, 2.75) is 39.4 Å². The second kappa shape index (κ2) is 8.30. The van der Waals surface area contributed by atoms with Crippen molar-refractivity contribution in [2.24, 2.45) is 0 Å². The van der Waals surface area contributed by atoms with Gasteiger partial charge in [0, 0.05) is 11.1 Å². The average molecular weight is 339 g/mol. The Labute approximate surface area is 142 Å². The van der Waals surface area contributed by atoms with Crippen LogP contribution < -0.4 is 9.47 Å². The van der Waals surface area contributed by atoms with Crippen LogP contribution in [0.25, 0.3) is 0 Å². The van der Waals surface area contributed by atoms with Gasteiger partial charge in [-0.1, -0.05) is 48.7 Å². The van der Waals surface area contributed by atoms with E-state index in [1.165, 1.54) is 0 Å². The third kappa shape index (κ3) is 5.11. The molecule has 2 nitrogen and oxygen atoms in total. The minimum Gasteiger partial charge on any atom is -0.491 e. The molecule has 22 heavy (non-hydrogen) atoms. The summed E-state index contributed by atoms with van der Waals surface area (Å²) in [4.78, 5) is 0. The lowest BCUT2D eigenvalue weighted by atomic mass is 10.2. The van der Waals surface area contributed by atoms with E-state index in [0.717, 1.165) is 24.2 Å². The predicted molar refractivity (Wildman–Crippen MR) is 92.2 cm³/mol. The molecule has 0 radical (unpaired) electrons. The van der Waals surface area contributed by atoms with E-state index in [1.54, 1.807) is 6.07 Å². The van der Waals surface area contributed by atoms with E-state index in [4.69, 9.17) is 32.7 Å². The second-order valence-electron chi connectivity index (χ2n) is 5.22. The summed E-state index contributed by atoms with van der Waals surface area (Å²) in [7, 11) is 0. The molecule has 4 heteroatoms. The van der Waals surface area contributed by atoms with Crippen molar-refractivity contribution in [1.29, 1.82) is 0 Å². The largest absolute Gasteiger partial charge is 0.491 e. The molecule has 1 unspecified atom stereocenters. The highest BCUT2D eigenvalue weighted by Gasteiger charge is 2.07. The molecule has 0 amide bonds. The highest BCUT2D eigenvalue weighted by Crippen LogP contribution is 2.30. The zero-order chi connectivity index (χ0) is 15.9. The van der Waals surface area contributed by atoms with Gasteiger partial charge in [-0.05, 0) is 43.2 Å². The van der Waals surface area contributed by atoms with Gasteiger partial charge < -0.3 is 9.47 Å². The van der Waals surface area contributed by atoms with Crippen molar-refractivity contribution in [2.75, 3.05) is 0 Å². The molecule has 0 aliphatic rings. The summed E-state index contributed by atoms with van der Waals surface area (Å²) in [6.45, 7) is 4.65. The first-order valence-corrected chi connectivity index (χ1v) is 8.17. The lowest BCUT2D eigenvalue weighted by molar-refractivity contribution is 0.209. The van der Waals surface area contributed by atoms with Crippen LogP contribution in [0.2, 0.25) is 10.0 Å². The van der Waals surface area contributed by atoms with Gasteiger partial charge in [0.05, 0.1) is 11.1 Å². The van der Waals surface area contributed by atoms with E-state index >= 15 is 0 Å². The summed E-state index contributed by atoms with van der Waals surface area (Å²) in [5.41, 5.74) is 1.04. The van der Waals surface area contributed by atoms with Crippen LogP contribution in [-0.4, -0.2) is 6.10 Å². The maximum Gasteiger partial charge on any atom is 0.138 e. The average Bonchev–Trinajstić information content (AvgIpc) is 2.48. The molecule has 1 atom stereocenters. The predicted octanol–water partition coefficient (Wildman–Crippen LogP) is 6.14. The molecule has 0 aliphatic carbocycles. The molecule has 0 bridgehead atoms. The smallest absolute Gasteiger partial charge is 0.138 e. The van der Waals surface area contributed by atoms with Crippen molar-refractivity contribution >= 4 is 23.2 Å². The van der Waals surface area contributed by atoms with E-state index in [1.807, 2.05) is 36.4 Å². The summed E-state index contributed by atoms with van der Waals surface area (Å²) >= 11 is 12.1. The van der Waals surface area contributed by atoms with Gasteiger partial charge in [0.2, 0.25) is 0 Å². The van der Waals surface area contributed by atoms with E-state index in [9.17, 15) is 0 Å². The van der Waals surface area contributed by atoms with Crippen LogP contribution in [0.15, 0.2) is 42.5 Å². The monoisotopic (exact) mass is 338 g/mol. The number of rotatable bonds is 7. The molecule has 2 rings (SSSR count). The fourth-order valence-corrected chi connectivity index (χ4v) is 2.46. The van der Waals surface area contributed by atoms with Gasteiger partial charge >= 0.3 is 0 Å². The van der Waals surface area contributed by atoms with Crippen molar-refractivity contribution in [3.63, 3.8) is 0 Å². The normalized spacial score (nSPS) is 12.0. The maximum absolute atomic E-state index is 6.26. The molecular weight excluding hydrogens is 319 g/mol. The Morgan fingerprint density at radius 2 is 1.77 bits per heavy atom. The minimum absolute atomic E-state index is 0.182. The molecule has 2 aromatic rings. The molecular formula is C18H20Cl2O2. The molecule has 0 spiro atoms. The van der Waals surface area contributed by atoms with Crippen LogP contribution in [0.1, 0.15) is 32.3 Å². The van der Waals surface area contributed by atoms with Crippen LogP contribution in [0.5, 0.6) is 11.5 Å². The Bertz CT molecular complexity index is 597. The molecule has 0 aromatic heterocycles. The summed E-state index contributed by atoms with van der Waals surface area (Å²) in [6.07, 6.45) is 2.30. The minimum atomic E-state index is 0.182. The molecule has 0 fully saturated rings. The zero-order valence-electron chi connectivity index (χ0n) is 12.8. The Kier molecular flexibility index (Phi) is 6.41. The first kappa shape index (κ1) is 17.0. The van der Waals surface area contributed by atoms with Gasteiger partial charge in [-0.25, -0.2) is 0 Å². The quantitative estimate of drug-likeness (QED) is 0.603. The molecule has 0 saturated heterocycles. The summed E-state index contributed by atoms with van der Waals surface area (Å²) < 4.78 is 11.6. The summed E-state index contributed by atoms with van der Waals surface area (Å²) in [5, 5.41) is 1.26. The number of halogens is 2. The van der Waals surface area contributed by atoms with Crippen LogP contribution in [-0.2, 0) is 6.61 Å². The number of hydrogen-bond donors (Lipinski definition) is 0. The molecule has 0 N–H and O–H groups in total. The molecule has 0 aliphatic heterocycles. The summed E-state index contributed by atoms with van der Waals surface area (Å²) in [6, 6.07) is 13.1. The van der Waals surface area contributed by atoms with Crippen LogP contribution >= 0.6 is 23.2 Å². The third-order valence-corrected chi connectivity index (χ3v) is 3.79. The van der Waals surface area contributed by atoms with Gasteiger partial charge in [-0.2, -0.15) is 0 Å². The molecule has 2 aromatic carbocycles. The Balaban J connectivity index is 1.96. The van der Waals surface area contributed by atoms with Gasteiger partial charge in [-0.3, -0.25) is 0 Å². The molecule has 0 heterocycles. The zero-order valence-corrected chi connectivity index (χ0v) is 14.3. The van der Waals surface area contributed by atoms with Crippen LogP contribution in [0.3, 0.4) is 0 Å². The van der Waals surface area contributed by atoms with E-state index in [0.29, 0.717) is 22.4 Å².